The zero-order chi connectivity index (χ0) is 47.3. The highest BCUT2D eigenvalue weighted by Gasteiger charge is 2.78. The predicted octanol–water partition coefficient (Wildman–Crippen LogP) is 4.81. The fourth-order valence-electron chi connectivity index (χ4n) is 11.0. The van der Waals surface area contributed by atoms with E-state index in [0.717, 1.165) is 6.92 Å². The van der Waals surface area contributed by atoms with Crippen LogP contribution >= 0.6 is 0 Å². The van der Waals surface area contributed by atoms with E-state index in [4.69, 9.17) is 23.7 Å². The van der Waals surface area contributed by atoms with E-state index in [1.54, 1.807) is 130 Å². The van der Waals surface area contributed by atoms with E-state index in [0.29, 0.717) is 5.56 Å². The number of amides is 1. The van der Waals surface area contributed by atoms with Crippen molar-refractivity contribution in [1.29, 1.82) is 0 Å². The number of nitrogens with zero attached hydrogens (tertiary/aromatic N) is 2. The summed E-state index contributed by atoms with van der Waals surface area (Å²) >= 11 is 0. The van der Waals surface area contributed by atoms with E-state index in [-0.39, 0.29) is 35.3 Å². The van der Waals surface area contributed by atoms with E-state index in [2.05, 4.69) is 10.3 Å². The first-order chi connectivity index (χ1) is 31.3. The Labute approximate surface area is 381 Å². The van der Waals surface area contributed by atoms with E-state index < -0.39 is 113 Å². The Morgan fingerprint density at radius 1 is 0.848 bits per heavy atom. The van der Waals surface area contributed by atoms with E-state index in [1.165, 1.54) is 19.1 Å². The van der Waals surface area contributed by atoms with Crippen molar-refractivity contribution in [2.24, 2.45) is 16.7 Å². The van der Waals surface area contributed by atoms with Crippen molar-refractivity contribution in [3.8, 4) is 0 Å². The van der Waals surface area contributed by atoms with Crippen LogP contribution < -0.4 is 5.32 Å². The van der Waals surface area contributed by atoms with Crippen molar-refractivity contribution >= 4 is 35.6 Å². The number of carbonyl (C=O) groups is 6. The fourth-order valence-corrected chi connectivity index (χ4v) is 11.0. The Morgan fingerprint density at radius 3 is 2.03 bits per heavy atom. The normalized spacial score (nSPS) is 30.6. The highest BCUT2D eigenvalue weighted by Crippen LogP contribution is 2.66. The van der Waals surface area contributed by atoms with Crippen LogP contribution in [0.25, 0.3) is 0 Å². The molecule has 4 aliphatic rings. The Kier molecular flexibility index (Phi) is 12.1. The summed E-state index contributed by atoms with van der Waals surface area (Å²) in [6, 6.07) is 22.6. The number of ether oxygens (including phenoxy) is 5. The lowest BCUT2D eigenvalue weighted by Gasteiger charge is -2.68. The molecule has 3 N–H and O–H groups in total. The SMILES string of the molecule is CC(=O)O[C@H]1C(=O)[C@]2(C)C[C@@H](n3ccnc3)[C@H]3OC[C@@]3(OC(C)=O)C2C(OC(=O)c2ccccc2)[C@]2(O)C[C@H](OC(=O)[C@H](O)[C@@H](NC(=O)c3ccccc3)c3ccccc3)C(C)=C1C2(C)C. The van der Waals surface area contributed by atoms with Gasteiger partial charge >= 0.3 is 23.9 Å². The molecule has 16 nitrogen and oxygen atoms in total. The summed E-state index contributed by atoms with van der Waals surface area (Å²) in [5.74, 6) is -6.28. The number of rotatable bonds is 11. The van der Waals surface area contributed by atoms with Crippen LogP contribution in [-0.4, -0.2) is 104 Å². The first-order valence-corrected chi connectivity index (χ1v) is 21.8. The predicted molar refractivity (Wildman–Crippen MR) is 233 cm³/mol. The van der Waals surface area contributed by atoms with Gasteiger partial charge < -0.3 is 43.8 Å². The van der Waals surface area contributed by atoms with Crippen LogP contribution in [-0.2, 0) is 42.9 Å². The number of hydrogen-bond donors (Lipinski definition) is 3. The number of imidazole rings is 1. The van der Waals surface area contributed by atoms with Crippen molar-refractivity contribution in [3.63, 3.8) is 0 Å². The number of carbonyl (C=O) groups excluding carboxylic acids is 6. The number of benzene rings is 3. The third-order valence-corrected chi connectivity index (χ3v) is 14.2. The largest absolute Gasteiger partial charge is 0.456 e. The molecule has 11 atom stereocenters. The second-order valence-corrected chi connectivity index (χ2v) is 18.5. The molecule has 2 unspecified atom stereocenters. The summed E-state index contributed by atoms with van der Waals surface area (Å²) in [5, 5.41) is 28.5. The molecule has 1 aliphatic heterocycles. The number of ketones is 1. The van der Waals surface area contributed by atoms with Gasteiger partial charge in [-0.2, -0.15) is 0 Å². The summed E-state index contributed by atoms with van der Waals surface area (Å²) in [5.41, 5.74) is -6.36. The highest BCUT2D eigenvalue weighted by atomic mass is 16.6. The minimum absolute atomic E-state index is 0.0410. The second-order valence-electron chi connectivity index (χ2n) is 18.5. The first kappa shape index (κ1) is 46.1. The number of aliphatic hydroxyl groups is 2. The molecule has 3 fully saturated rings. The minimum atomic E-state index is -2.33. The third-order valence-electron chi connectivity index (χ3n) is 14.2. The summed E-state index contributed by atoms with van der Waals surface area (Å²) in [4.78, 5) is 89.1. The third kappa shape index (κ3) is 7.69. The van der Waals surface area contributed by atoms with Gasteiger partial charge in [-0.15, -0.1) is 0 Å². The lowest BCUT2D eigenvalue weighted by molar-refractivity contribution is -0.342. The quantitative estimate of drug-likeness (QED) is 0.105. The first-order valence-electron chi connectivity index (χ1n) is 21.8. The number of fused-ring (bicyclic) bond motifs is 5. The van der Waals surface area contributed by atoms with Crippen LogP contribution in [0.5, 0.6) is 0 Å². The van der Waals surface area contributed by atoms with Gasteiger partial charge in [-0.1, -0.05) is 87.5 Å². The number of esters is 4. The Balaban J connectivity index is 1.29. The van der Waals surface area contributed by atoms with Crippen molar-refractivity contribution in [2.45, 2.75) is 108 Å². The molecule has 346 valence electrons. The Morgan fingerprint density at radius 2 is 1.47 bits per heavy atom. The van der Waals surface area contributed by atoms with Gasteiger partial charge in [-0.3, -0.25) is 19.2 Å². The Bertz CT molecular complexity index is 2550. The summed E-state index contributed by atoms with van der Waals surface area (Å²) < 4.78 is 33.1. The molecular formula is C50H53N3O13. The molecule has 3 aliphatic carbocycles. The van der Waals surface area contributed by atoms with E-state index in [1.807, 2.05) is 0 Å². The molecule has 0 radical (unpaired) electrons. The Hall–Kier alpha value is -6.49. The number of hydrogen-bond acceptors (Lipinski definition) is 14. The topological polar surface area (TPSA) is 219 Å². The molecule has 3 aromatic carbocycles. The van der Waals surface area contributed by atoms with Crippen LogP contribution in [0.15, 0.2) is 121 Å². The maximum atomic E-state index is 15.9. The second kappa shape index (κ2) is 17.4. The van der Waals surface area contributed by atoms with Crippen molar-refractivity contribution in [1.82, 2.24) is 14.9 Å². The molecule has 1 amide bonds. The molecule has 8 rings (SSSR count). The monoisotopic (exact) mass is 903 g/mol. The number of Topliss-reactive ketones (excluding diaryl/α,β-unsaturated/α-hetero) is 1. The van der Waals surface area contributed by atoms with Gasteiger partial charge in [-0.05, 0) is 54.3 Å². The zero-order valence-corrected chi connectivity index (χ0v) is 37.4. The maximum absolute atomic E-state index is 15.9. The summed E-state index contributed by atoms with van der Waals surface area (Å²) in [6.45, 7) is 8.50. The van der Waals surface area contributed by atoms with Gasteiger partial charge in [0.2, 0.25) is 0 Å². The van der Waals surface area contributed by atoms with Crippen LogP contribution in [0.2, 0.25) is 0 Å². The maximum Gasteiger partial charge on any atom is 0.338 e. The molecule has 2 bridgehead atoms. The van der Waals surface area contributed by atoms with Gasteiger partial charge in [0.15, 0.2) is 23.6 Å². The van der Waals surface area contributed by atoms with Crippen molar-refractivity contribution < 1.29 is 62.7 Å². The zero-order valence-electron chi connectivity index (χ0n) is 37.4. The number of aromatic nitrogens is 2. The van der Waals surface area contributed by atoms with Gasteiger partial charge in [-0.25, -0.2) is 14.6 Å². The molecule has 66 heavy (non-hydrogen) atoms. The molecular weight excluding hydrogens is 851 g/mol. The minimum Gasteiger partial charge on any atom is -0.456 e. The molecule has 0 spiro atoms. The molecule has 2 saturated carbocycles. The van der Waals surface area contributed by atoms with Gasteiger partial charge in [0, 0.05) is 49.1 Å². The summed E-state index contributed by atoms with van der Waals surface area (Å²) in [6.07, 6.45) is -3.64. The van der Waals surface area contributed by atoms with Gasteiger partial charge in [0.05, 0.1) is 36.5 Å². The smallest absolute Gasteiger partial charge is 0.338 e. The van der Waals surface area contributed by atoms with Gasteiger partial charge in [0.25, 0.3) is 5.91 Å². The van der Waals surface area contributed by atoms with E-state index in [9.17, 15) is 34.2 Å². The van der Waals surface area contributed by atoms with Crippen LogP contribution in [0.1, 0.15) is 92.7 Å². The van der Waals surface area contributed by atoms with E-state index >= 15 is 4.79 Å². The molecule has 1 saturated heterocycles. The van der Waals surface area contributed by atoms with Crippen LogP contribution in [0.3, 0.4) is 0 Å². The van der Waals surface area contributed by atoms with Crippen LogP contribution in [0.4, 0.5) is 0 Å². The van der Waals surface area contributed by atoms with Crippen molar-refractivity contribution in [2.75, 3.05) is 6.61 Å². The molecule has 4 aromatic rings. The average molecular weight is 904 g/mol. The van der Waals surface area contributed by atoms with Crippen molar-refractivity contribution in [3.05, 3.63) is 138 Å². The fraction of sp³-hybridized carbons (Fsp3) is 0.420. The van der Waals surface area contributed by atoms with Gasteiger partial charge in [0.1, 0.15) is 23.9 Å². The number of aliphatic hydroxyl groups excluding tert-OH is 1. The number of nitrogens with one attached hydrogen (secondary N) is 1. The molecule has 16 heteroatoms. The standard InChI is InChI=1S/C50H53N3O13/c1-28-35(64-46(60)38(56)37(31-16-10-7-11-17-31)52-44(58)32-18-12-8-13-19-32)25-50(61)43(65-45(59)33-20-14-9-15-21-33)40-48(6,41(57)39(63-29(2)54)36(28)47(50,4)5)24-34(53-23-22-51-27-53)42-49(40,26-62-42)66-30(3)55/h7-23,27,34-35,37-40,42-43,56,61H,24-26H2,1-6H3,(H,52,58)/t34-,35+,37+,38-,39-,40?,42-,43?,48-,49-,50-/m1/s1. The van der Waals surface area contributed by atoms with Crippen LogP contribution in [0, 0.1) is 16.7 Å². The lowest BCUT2D eigenvalue weighted by Crippen LogP contribution is -2.81. The summed E-state index contributed by atoms with van der Waals surface area (Å²) in [7, 11) is 0. The molecule has 2 heterocycles. The highest BCUT2D eigenvalue weighted by molar-refractivity contribution is 5.96. The average Bonchev–Trinajstić information content (AvgIpc) is 3.83. The molecule has 1 aromatic heterocycles. The lowest BCUT2D eigenvalue weighted by atomic mass is 9.44.